The molecule has 2 aliphatic heterocycles. The summed E-state index contributed by atoms with van der Waals surface area (Å²) in [5, 5.41) is 89.8. The Hall–Kier alpha value is -5.33. The number of aliphatic hydroxyl groups is 3. The van der Waals surface area contributed by atoms with Crippen molar-refractivity contribution in [2.24, 2.45) is 0 Å². The Morgan fingerprint density at radius 3 is 2.11 bits per heavy atom. The average Bonchev–Trinajstić information content (AvgIpc) is 3.43. The number of hydrogen-bond donors (Lipinski definition) is 9. The Morgan fingerprint density at radius 2 is 1.36 bits per heavy atom. The van der Waals surface area contributed by atoms with Crippen molar-refractivity contribution >= 4 is 11.4 Å². The maximum atomic E-state index is 11.6. The van der Waals surface area contributed by atoms with Crippen LogP contribution in [0.3, 0.4) is 0 Å². The Labute approximate surface area is 248 Å². The summed E-state index contributed by atoms with van der Waals surface area (Å²) < 4.78 is 10.9. The first kappa shape index (κ1) is 27.5. The first-order valence-corrected chi connectivity index (χ1v) is 13.6. The molecule has 12 heteroatoms. The van der Waals surface area contributed by atoms with E-state index in [1.165, 1.54) is 42.5 Å². The van der Waals surface area contributed by atoms with Gasteiger partial charge in [0, 0.05) is 35.5 Å². The van der Waals surface area contributed by atoms with Gasteiger partial charge in [0.25, 0.3) is 0 Å². The van der Waals surface area contributed by atoms with Gasteiger partial charge in [0.1, 0.15) is 24.4 Å². The number of ether oxygens (including phenoxy) is 2. The number of rotatable bonds is 0. The third-order valence-corrected chi connectivity index (χ3v) is 8.74. The summed E-state index contributed by atoms with van der Waals surface area (Å²) in [7, 11) is 0. The van der Waals surface area contributed by atoms with Crippen LogP contribution in [0.1, 0.15) is 34.6 Å². The second-order valence-corrected chi connectivity index (χ2v) is 11.6. The standard InChI is InChI=1S/C16H14O6.C16H12O6/c2*17-10-2-1-8-13-9-4-12(19)11(18)3-7(9)5-16(13,21)6-22-15(8)14(10)20/h1-4,13,17-21H,5-6H2;1-4,17,19-21H,5-6H2/t13-,16+;/m1./s1. The summed E-state index contributed by atoms with van der Waals surface area (Å²) in [5.74, 6) is -3.08. The molecule has 0 fully saturated rings. The summed E-state index contributed by atoms with van der Waals surface area (Å²) in [6.07, 6.45) is 3.08. The lowest BCUT2D eigenvalue weighted by Gasteiger charge is -2.36. The van der Waals surface area contributed by atoms with Gasteiger partial charge in [-0.1, -0.05) is 6.07 Å². The zero-order valence-electron chi connectivity index (χ0n) is 22.8. The van der Waals surface area contributed by atoms with E-state index in [1.807, 2.05) is 0 Å². The summed E-state index contributed by atoms with van der Waals surface area (Å²) in [4.78, 5) is 11.6. The highest BCUT2D eigenvalue weighted by Gasteiger charge is 2.51. The quantitative estimate of drug-likeness (QED) is 0.170. The smallest absolute Gasteiger partial charge is 0.220 e. The second-order valence-electron chi connectivity index (χ2n) is 11.6. The highest BCUT2D eigenvalue weighted by Crippen LogP contribution is 2.57. The summed E-state index contributed by atoms with van der Waals surface area (Å²) in [6.45, 7) is -0.173. The fraction of sp³-hybridized carbons (Fsp3) is 0.219. The summed E-state index contributed by atoms with van der Waals surface area (Å²) in [5.41, 5.74) is 1.44. The van der Waals surface area contributed by atoms with Gasteiger partial charge in [-0.3, -0.25) is 4.79 Å². The molecule has 3 aliphatic carbocycles. The van der Waals surface area contributed by atoms with Crippen molar-refractivity contribution in [3.05, 3.63) is 87.7 Å². The lowest BCUT2D eigenvalue weighted by Crippen LogP contribution is -2.43. The molecule has 5 aliphatic rings. The number of aromatic hydroxyl groups is 6. The Balaban J connectivity index is 0.000000142. The normalized spacial score (nSPS) is 25.4. The van der Waals surface area contributed by atoms with Crippen LogP contribution in [0, 0.1) is 0 Å². The van der Waals surface area contributed by atoms with Gasteiger partial charge < -0.3 is 55.4 Å². The van der Waals surface area contributed by atoms with E-state index in [0.717, 1.165) is 0 Å². The van der Waals surface area contributed by atoms with Crippen LogP contribution >= 0.6 is 0 Å². The maximum absolute atomic E-state index is 11.6. The Kier molecular flexibility index (Phi) is 5.68. The lowest BCUT2D eigenvalue weighted by atomic mass is 9.80. The molecule has 44 heavy (non-hydrogen) atoms. The van der Waals surface area contributed by atoms with Gasteiger partial charge in [0.15, 0.2) is 40.3 Å². The van der Waals surface area contributed by atoms with Crippen molar-refractivity contribution in [3.63, 3.8) is 0 Å². The third kappa shape index (κ3) is 3.81. The molecule has 3 atom stereocenters. The van der Waals surface area contributed by atoms with Crippen molar-refractivity contribution in [2.75, 3.05) is 13.2 Å². The molecule has 0 radical (unpaired) electrons. The van der Waals surface area contributed by atoms with Crippen molar-refractivity contribution in [2.45, 2.75) is 30.0 Å². The molecule has 0 saturated heterocycles. The van der Waals surface area contributed by atoms with E-state index in [1.54, 1.807) is 6.07 Å². The largest absolute Gasteiger partial charge is 0.504 e. The fourth-order valence-corrected chi connectivity index (χ4v) is 6.78. The molecule has 3 aromatic carbocycles. The van der Waals surface area contributed by atoms with Crippen LogP contribution in [-0.4, -0.2) is 76.2 Å². The van der Waals surface area contributed by atoms with E-state index in [2.05, 4.69) is 0 Å². The number of fused-ring (bicyclic) bond motifs is 9. The van der Waals surface area contributed by atoms with E-state index in [4.69, 9.17) is 9.47 Å². The van der Waals surface area contributed by atoms with Crippen LogP contribution in [0.25, 0.3) is 5.57 Å². The number of aliphatic hydroxyl groups excluding tert-OH is 1. The number of carbonyl (C=O) groups is 1. The monoisotopic (exact) mass is 602 g/mol. The highest BCUT2D eigenvalue weighted by atomic mass is 16.5. The van der Waals surface area contributed by atoms with Crippen LogP contribution in [0.5, 0.6) is 46.0 Å². The van der Waals surface area contributed by atoms with Crippen molar-refractivity contribution in [3.8, 4) is 46.0 Å². The third-order valence-electron chi connectivity index (χ3n) is 8.74. The molecule has 3 aromatic rings. The predicted molar refractivity (Wildman–Crippen MR) is 151 cm³/mol. The molecular weight excluding hydrogens is 576 g/mol. The van der Waals surface area contributed by atoms with Gasteiger partial charge >= 0.3 is 0 Å². The van der Waals surface area contributed by atoms with Gasteiger partial charge in [-0.05, 0) is 64.8 Å². The van der Waals surface area contributed by atoms with E-state index >= 15 is 0 Å². The molecule has 2 heterocycles. The van der Waals surface area contributed by atoms with Gasteiger partial charge in [0.05, 0.1) is 0 Å². The second kappa shape index (κ2) is 9.09. The van der Waals surface area contributed by atoms with Crippen LogP contribution in [0.15, 0.2) is 65.5 Å². The Bertz CT molecular complexity index is 1900. The minimum atomic E-state index is -1.33. The van der Waals surface area contributed by atoms with Crippen LogP contribution in [0.2, 0.25) is 0 Å². The topological polar surface area (TPSA) is 218 Å². The van der Waals surface area contributed by atoms with Crippen molar-refractivity contribution < 1.29 is 60.2 Å². The van der Waals surface area contributed by atoms with Crippen molar-refractivity contribution in [1.29, 1.82) is 0 Å². The van der Waals surface area contributed by atoms with Crippen molar-refractivity contribution in [1.82, 2.24) is 0 Å². The number of benzene rings is 3. The molecule has 0 bridgehead atoms. The number of hydrogen-bond acceptors (Lipinski definition) is 12. The van der Waals surface area contributed by atoms with Crippen LogP contribution in [-0.2, 0) is 11.2 Å². The molecule has 226 valence electrons. The molecule has 1 unspecified atom stereocenters. The SMILES string of the molecule is O=C1C=C2CC3(O)COc4c(ccc(O)c4O)C3=C2C=C1O.Oc1cc2c(cc1O)[C@H]1c3ccc(O)c(O)c3OC[C@@]1(O)C2. The predicted octanol–water partition coefficient (Wildman–Crippen LogP) is 2.65. The number of phenolic OH excluding ortho intramolecular Hbond substituents is 6. The minimum absolute atomic E-state index is 0.0577. The molecule has 12 nitrogen and oxygen atoms in total. The summed E-state index contributed by atoms with van der Waals surface area (Å²) >= 11 is 0. The molecule has 0 amide bonds. The molecule has 0 spiro atoms. The zero-order chi connectivity index (χ0) is 31.3. The molecule has 8 rings (SSSR count). The van der Waals surface area contributed by atoms with Gasteiger partial charge in [0.2, 0.25) is 17.3 Å². The first-order chi connectivity index (χ1) is 20.8. The fourth-order valence-electron chi connectivity index (χ4n) is 6.78. The van der Waals surface area contributed by atoms with E-state index in [0.29, 0.717) is 39.0 Å². The maximum Gasteiger partial charge on any atom is 0.220 e. The molecule has 0 saturated carbocycles. The number of carbonyl (C=O) groups excluding carboxylic acids is 1. The van der Waals surface area contributed by atoms with E-state index in [-0.39, 0.29) is 66.3 Å². The zero-order valence-corrected chi connectivity index (χ0v) is 22.8. The molecular formula is C32H26O12. The Morgan fingerprint density at radius 1 is 0.705 bits per heavy atom. The van der Waals surface area contributed by atoms with E-state index < -0.39 is 34.4 Å². The van der Waals surface area contributed by atoms with Crippen LogP contribution in [0.4, 0.5) is 0 Å². The number of allylic oxidation sites excluding steroid dienone is 3. The minimum Gasteiger partial charge on any atom is -0.504 e. The molecule has 9 N–H and O–H groups in total. The van der Waals surface area contributed by atoms with Gasteiger partial charge in [-0.15, -0.1) is 0 Å². The van der Waals surface area contributed by atoms with Crippen LogP contribution < -0.4 is 9.47 Å². The van der Waals surface area contributed by atoms with Gasteiger partial charge in [-0.2, -0.15) is 0 Å². The first-order valence-electron chi connectivity index (χ1n) is 13.6. The molecule has 0 aromatic heterocycles. The average molecular weight is 603 g/mol. The summed E-state index contributed by atoms with van der Waals surface area (Å²) in [6, 6.07) is 8.60. The van der Waals surface area contributed by atoms with E-state index in [9.17, 15) is 50.8 Å². The highest BCUT2D eigenvalue weighted by molar-refractivity contribution is 6.07. The number of phenols is 6. The lowest BCUT2D eigenvalue weighted by molar-refractivity contribution is -0.113. The van der Waals surface area contributed by atoms with Gasteiger partial charge in [-0.25, -0.2) is 0 Å². The number of ketones is 1.